The molecule has 1 amide bonds. The number of nitrogens with zero attached hydrogens (tertiary/aromatic N) is 4. The first-order chi connectivity index (χ1) is 12.9. The van der Waals surface area contributed by atoms with Crippen LogP contribution in [0.15, 0.2) is 16.7 Å². The van der Waals surface area contributed by atoms with Crippen LogP contribution in [0.3, 0.4) is 0 Å². The van der Waals surface area contributed by atoms with E-state index in [1.807, 2.05) is 24.8 Å². The summed E-state index contributed by atoms with van der Waals surface area (Å²) in [7, 11) is 0. The molecule has 2 atom stereocenters. The molecule has 4 heterocycles. The van der Waals surface area contributed by atoms with E-state index in [2.05, 4.69) is 31.9 Å². The molecule has 4 aliphatic rings. The van der Waals surface area contributed by atoms with Crippen molar-refractivity contribution in [2.24, 2.45) is 0 Å². The molecule has 2 unspecified atom stereocenters. The minimum Gasteiger partial charge on any atom is -0.378 e. The molecule has 0 N–H and O–H groups in total. The van der Waals surface area contributed by atoms with E-state index in [0.717, 1.165) is 41.9 Å². The molecule has 3 aliphatic heterocycles. The normalized spacial score (nSPS) is 37.0. The quantitative estimate of drug-likeness (QED) is 0.721. The van der Waals surface area contributed by atoms with E-state index in [4.69, 9.17) is 4.74 Å². The molecule has 6 nitrogen and oxygen atoms in total. The highest BCUT2D eigenvalue weighted by atomic mass is 79.9. The molecule has 3 fully saturated rings. The number of halogens is 1. The van der Waals surface area contributed by atoms with Crippen LogP contribution in [0.25, 0.3) is 0 Å². The van der Waals surface area contributed by atoms with Gasteiger partial charge in [-0.15, -0.1) is 0 Å². The first-order valence-electron chi connectivity index (χ1n) is 9.64. The molecule has 2 saturated heterocycles. The maximum absolute atomic E-state index is 13.2. The third-order valence-electron chi connectivity index (χ3n) is 6.89. The average Bonchev–Trinajstić information content (AvgIpc) is 2.96. The summed E-state index contributed by atoms with van der Waals surface area (Å²) in [6.45, 7) is 5.32. The maximum Gasteiger partial charge on any atom is 0.239 e. The van der Waals surface area contributed by atoms with Crippen molar-refractivity contribution in [1.29, 1.82) is 5.26 Å². The highest BCUT2D eigenvalue weighted by molar-refractivity contribution is 9.10. The van der Waals surface area contributed by atoms with Crippen LogP contribution in [0, 0.1) is 11.3 Å². The van der Waals surface area contributed by atoms with Gasteiger partial charge in [-0.25, -0.2) is 0 Å². The number of nitriles is 1. The molecule has 0 aromatic carbocycles. The number of morpholine rings is 1. The molecule has 5 rings (SSSR count). The number of pyridine rings is 1. The summed E-state index contributed by atoms with van der Waals surface area (Å²) in [6.07, 6.45) is 5.36. The Hall–Kier alpha value is -1.49. The summed E-state index contributed by atoms with van der Waals surface area (Å²) in [5.41, 5.74) is 0.628. The van der Waals surface area contributed by atoms with Crippen molar-refractivity contribution < 1.29 is 9.53 Å². The van der Waals surface area contributed by atoms with E-state index in [1.54, 1.807) is 6.20 Å². The second-order valence-corrected chi connectivity index (χ2v) is 9.77. The number of rotatable bonds is 2. The molecule has 2 bridgehead atoms. The molecule has 1 aromatic rings. The summed E-state index contributed by atoms with van der Waals surface area (Å²) in [6, 6.07) is 5.35. The van der Waals surface area contributed by atoms with Crippen molar-refractivity contribution >= 4 is 27.5 Å². The van der Waals surface area contributed by atoms with Gasteiger partial charge in [0.15, 0.2) is 0 Å². The van der Waals surface area contributed by atoms with Crippen molar-refractivity contribution in [2.75, 3.05) is 18.1 Å². The standard InChI is InChI=1S/C20H23BrN4O2/c1-19(2)17-16(5-12(21)8-23-17)24(18(19)26)15-6-20(7-15,11-22)25-13-3-4-14(25)10-27-9-13/h5,8,13-15H,3-4,6-7,9-10H2,1-2H3/t13?,14?,15-,20+. The van der Waals surface area contributed by atoms with E-state index in [1.165, 1.54) is 0 Å². The number of carbonyl (C=O) groups is 1. The molecule has 142 valence electrons. The Morgan fingerprint density at radius 1 is 1.26 bits per heavy atom. The third kappa shape index (κ3) is 2.30. The van der Waals surface area contributed by atoms with E-state index < -0.39 is 11.0 Å². The van der Waals surface area contributed by atoms with Gasteiger partial charge in [0.25, 0.3) is 0 Å². The Bertz CT molecular complexity index is 842. The van der Waals surface area contributed by atoms with Crippen LogP contribution in [-0.2, 0) is 14.9 Å². The number of hydrogen-bond acceptors (Lipinski definition) is 5. The fourth-order valence-corrected chi connectivity index (χ4v) is 5.88. The van der Waals surface area contributed by atoms with Crippen molar-refractivity contribution in [3.63, 3.8) is 0 Å². The van der Waals surface area contributed by atoms with Crippen LogP contribution in [0.1, 0.15) is 45.2 Å². The summed E-state index contributed by atoms with van der Waals surface area (Å²) in [5, 5.41) is 10.1. The zero-order valence-electron chi connectivity index (χ0n) is 15.6. The lowest BCUT2D eigenvalue weighted by Crippen LogP contribution is -2.68. The van der Waals surface area contributed by atoms with E-state index in [-0.39, 0.29) is 11.9 Å². The van der Waals surface area contributed by atoms with E-state index >= 15 is 0 Å². The van der Waals surface area contributed by atoms with Crippen molar-refractivity contribution in [1.82, 2.24) is 9.88 Å². The number of hydrogen-bond donors (Lipinski definition) is 0. The van der Waals surface area contributed by atoms with Crippen molar-refractivity contribution in [2.45, 2.75) is 68.6 Å². The Labute approximate surface area is 167 Å². The first kappa shape index (κ1) is 17.6. The second-order valence-electron chi connectivity index (χ2n) is 8.86. The molecular formula is C20H23BrN4O2. The third-order valence-corrected chi connectivity index (χ3v) is 7.33. The molecule has 0 spiro atoms. The molecule has 1 saturated carbocycles. The fraction of sp³-hybridized carbons (Fsp3) is 0.650. The Balaban J connectivity index is 1.45. The van der Waals surface area contributed by atoms with Gasteiger partial charge in [0, 0.05) is 41.6 Å². The molecule has 27 heavy (non-hydrogen) atoms. The average molecular weight is 431 g/mol. The van der Waals surface area contributed by atoms with Crippen LogP contribution in [0.5, 0.6) is 0 Å². The van der Waals surface area contributed by atoms with Gasteiger partial charge in [0.1, 0.15) is 5.54 Å². The van der Waals surface area contributed by atoms with Crippen LogP contribution >= 0.6 is 15.9 Å². The van der Waals surface area contributed by atoms with Gasteiger partial charge in [-0.1, -0.05) is 0 Å². The minimum atomic E-state index is -0.626. The van der Waals surface area contributed by atoms with Gasteiger partial charge in [-0.05, 0) is 48.7 Å². The maximum atomic E-state index is 13.2. The van der Waals surface area contributed by atoms with Gasteiger partial charge >= 0.3 is 0 Å². The SMILES string of the molecule is CC1(C)C(=O)N([C@H]2C[C@@](C#N)(N3C4CCC3COC4)C2)c2cc(Br)cnc21. The van der Waals surface area contributed by atoms with Gasteiger partial charge in [0.2, 0.25) is 5.91 Å². The molecule has 0 radical (unpaired) electrons. The number of carbonyl (C=O) groups excluding carboxylic acids is 1. The predicted molar refractivity (Wildman–Crippen MR) is 103 cm³/mol. The zero-order chi connectivity index (χ0) is 19.0. The van der Waals surface area contributed by atoms with Crippen LogP contribution in [0.4, 0.5) is 5.69 Å². The number of amides is 1. The molecule has 7 heteroatoms. The zero-order valence-corrected chi connectivity index (χ0v) is 17.2. The molecular weight excluding hydrogens is 408 g/mol. The summed E-state index contributed by atoms with van der Waals surface area (Å²) < 4.78 is 6.57. The highest BCUT2D eigenvalue weighted by Gasteiger charge is 2.60. The first-order valence-corrected chi connectivity index (χ1v) is 10.4. The predicted octanol–water partition coefficient (Wildman–Crippen LogP) is 2.76. The number of anilines is 1. The summed E-state index contributed by atoms with van der Waals surface area (Å²) in [5.74, 6) is 0.0876. The summed E-state index contributed by atoms with van der Waals surface area (Å²) in [4.78, 5) is 22.1. The monoisotopic (exact) mass is 430 g/mol. The fourth-order valence-electron chi connectivity index (χ4n) is 5.56. The lowest BCUT2D eigenvalue weighted by molar-refractivity contribution is -0.124. The minimum absolute atomic E-state index is 0.0519. The van der Waals surface area contributed by atoms with Crippen molar-refractivity contribution in [3.8, 4) is 6.07 Å². The highest BCUT2D eigenvalue weighted by Crippen LogP contribution is 2.51. The van der Waals surface area contributed by atoms with Crippen LogP contribution in [0.2, 0.25) is 0 Å². The van der Waals surface area contributed by atoms with E-state index in [9.17, 15) is 10.1 Å². The Kier molecular flexibility index (Phi) is 3.75. The Morgan fingerprint density at radius 3 is 2.56 bits per heavy atom. The summed E-state index contributed by atoms with van der Waals surface area (Å²) >= 11 is 3.49. The second kappa shape index (κ2) is 5.76. The van der Waals surface area contributed by atoms with Crippen molar-refractivity contribution in [3.05, 3.63) is 22.4 Å². The van der Waals surface area contributed by atoms with E-state index in [0.29, 0.717) is 24.9 Å². The number of fused-ring (bicyclic) bond motifs is 3. The topological polar surface area (TPSA) is 69.5 Å². The number of ether oxygens (including phenoxy) is 1. The number of aromatic nitrogens is 1. The van der Waals surface area contributed by atoms with Crippen LogP contribution < -0.4 is 4.90 Å². The largest absolute Gasteiger partial charge is 0.378 e. The Morgan fingerprint density at radius 2 is 1.93 bits per heavy atom. The van der Waals surface area contributed by atoms with Gasteiger partial charge in [-0.3, -0.25) is 14.7 Å². The smallest absolute Gasteiger partial charge is 0.239 e. The lowest BCUT2D eigenvalue weighted by atomic mass is 9.70. The van der Waals surface area contributed by atoms with Gasteiger partial charge in [-0.2, -0.15) is 5.26 Å². The lowest BCUT2D eigenvalue weighted by Gasteiger charge is -2.55. The van der Waals surface area contributed by atoms with Gasteiger partial charge in [0.05, 0.1) is 36.1 Å². The molecule has 1 aliphatic carbocycles. The van der Waals surface area contributed by atoms with Crippen LogP contribution in [-0.4, -0.2) is 52.7 Å². The van der Waals surface area contributed by atoms with Gasteiger partial charge < -0.3 is 9.64 Å². The molecule has 1 aromatic heterocycles.